The van der Waals surface area contributed by atoms with E-state index in [0.717, 1.165) is 56.8 Å². The van der Waals surface area contributed by atoms with Gasteiger partial charge in [-0.25, -0.2) is 9.97 Å². The smallest absolute Gasteiger partial charge is 0.451 e. The number of ether oxygens (including phenoxy) is 1. The molecule has 0 amide bonds. The summed E-state index contributed by atoms with van der Waals surface area (Å²) in [6.45, 7) is 4.20. The van der Waals surface area contributed by atoms with E-state index in [1.54, 1.807) is 0 Å². The number of hydrogen-bond acceptors (Lipinski definition) is 5. The minimum absolute atomic E-state index is 0.0431. The van der Waals surface area contributed by atoms with Crippen LogP contribution in [0.2, 0.25) is 0 Å². The van der Waals surface area contributed by atoms with Crippen LogP contribution >= 0.6 is 0 Å². The summed E-state index contributed by atoms with van der Waals surface area (Å²) in [5.41, 5.74) is -0.560. The summed E-state index contributed by atoms with van der Waals surface area (Å²) in [6, 6.07) is 0. The highest BCUT2D eigenvalue weighted by Crippen LogP contribution is 2.69. The van der Waals surface area contributed by atoms with Crippen molar-refractivity contribution in [2.24, 2.45) is 52.8 Å². The second-order valence-electron chi connectivity index (χ2n) is 13.4. The maximum absolute atomic E-state index is 13.6. The first-order valence-electron chi connectivity index (χ1n) is 14.2. The Kier molecular flexibility index (Phi) is 6.16. The lowest BCUT2D eigenvalue weighted by Gasteiger charge is -2.57. The van der Waals surface area contributed by atoms with E-state index in [1.165, 1.54) is 25.7 Å². The number of carbonyl (C=O) groups is 1. The predicted molar refractivity (Wildman–Crippen MR) is 130 cm³/mol. The fraction of sp³-hybridized carbons (Fsp3) is 0.828. The number of halogens is 3. The van der Waals surface area contributed by atoms with Gasteiger partial charge < -0.3 is 9.84 Å². The predicted octanol–water partition coefficient (Wildman–Crippen LogP) is 6.10. The first-order valence-corrected chi connectivity index (χ1v) is 14.2. The van der Waals surface area contributed by atoms with Crippen molar-refractivity contribution >= 4 is 5.78 Å². The van der Waals surface area contributed by atoms with Gasteiger partial charge in [0.15, 0.2) is 11.5 Å². The van der Waals surface area contributed by atoms with Crippen LogP contribution in [0, 0.1) is 52.8 Å². The molecule has 5 aliphatic carbocycles. The third kappa shape index (κ3) is 4.59. The van der Waals surface area contributed by atoms with Crippen molar-refractivity contribution < 1.29 is 27.8 Å². The summed E-state index contributed by atoms with van der Waals surface area (Å²) in [5.74, 6) is 3.48. The van der Waals surface area contributed by atoms with Crippen LogP contribution in [0.4, 0.5) is 13.2 Å². The van der Waals surface area contributed by atoms with E-state index in [0.29, 0.717) is 35.5 Å². The first-order chi connectivity index (χ1) is 17.5. The molecule has 1 aromatic heterocycles. The molecule has 6 rings (SSSR count). The second-order valence-corrected chi connectivity index (χ2v) is 13.4. The van der Waals surface area contributed by atoms with Crippen LogP contribution in [0.1, 0.15) is 83.9 Å². The number of hydrogen-bond donors (Lipinski definition) is 1. The fourth-order valence-electron chi connectivity index (χ4n) is 9.56. The zero-order valence-corrected chi connectivity index (χ0v) is 21.8. The van der Waals surface area contributed by atoms with Crippen LogP contribution in [-0.4, -0.2) is 33.1 Å². The Morgan fingerprint density at radius 3 is 2.32 bits per heavy atom. The van der Waals surface area contributed by atoms with Crippen LogP contribution in [0.15, 0.2) is 12.4 Å². The highest BCUT2D eigenvalue weighted by Gasteiger charge is 2.63. The highest BCUT2D eigenvalue weighted by atomic mass is 19.4. The minimum Gasteiger partial charge on any atom is -0.483 e. The molecule has 0 aliphatic heterocycles. The number of nitrogens with zero attached hydrogens (tertiary/aromatic N) is 2. The van der Waals surface area contributed by atoms with Crippen molar-refractivity contribution in [2.45, 2.75) is 89.8 Å². The number of fused-ring (bicyclic) bond motifs is 5. The topological polar surface area (TPSA) is 72.3 Å². The monoisotopic (exact) mass is 520 g/mol. The molecule has 204 valence electrons. The molecule has 0 spiro atoms. The normalized spacial score (nSPS) is 43.5. The van der Waals surface area contributed by atoms with Crippen molar-refractivity contribution in [3.8, 4) is 5.75 Å². The highest BCUT2D eigenvalue weighted by molar-refractivity contribution is 5.83. The molecule has 1 heterocycles. The molecule has 0 saturated heterocycles. The van der Waals surface area contributed by atoms with Crippen LogP contribution in [0.25, 0.3) is 0 Å². The molecule has 9 atom stereocenters. The molecule has 8 heteroatoms. The summed E-state index contributed by atoms with van der Waals surface area (Å²) >= 11 is 0. The van der Waals surface area contributed by atoms with Crippen molar-refractivity contribution in [1.82, 2.24) is 9.97 Å². The molecule has 37 heavy (non-hydrogen) atoms. The lowest BCUT2D eigenvalue weighted by Crippen LogP contribution is -2.52. The molecule has 5 aliphatic rings. The van der Waals surface area contributed by atoms with Gasteiger partial charge in [0.25, 0.3) is 0 Å². The molecule has 1 N–H and O–H groups in total. The van der Waals surface area contributed by atoms with Crippen molar-refractivity contribution in [3.05, 3.63) is 18.2 Å². The molecule has 0 radical (unpaired) electrons. The van der Waals surface area contributed by atoms with Gasteiger partial charge >= 0.3 is 6.18 Å². The van der Waals surface area contributed by atoms with E-state index >= 15 is 0 Å². The maximum Gasteiger partial charge on any atom is 0.451 e. The van der Waals surface area contributed by atoms with Gasteiger partial charge in [-0.2, -0.15) is 13.2 Å². The Bertz CT molecular complexity index is 1020. The maximum atomic E-state index is 13.6. The molecule has 5 nitrogen and oxygen atoms in total. The zero-order chi connectivity index (χ0) is 26.2. The van der Waals surface area contributed by atoms with Gasteiger partial charge in [-0.15, -0.1) is 0 Å². The van der Waals surface area contributed by atoms with Gasteiger partial charge in [-0.05, 0) is 118 Å². The molecule has 0 bridgehead atoms. The van der Waals surface area contributed by atoms with Crippen molar-refractivity contribution in [2.75, 3.05) is 6.61 Å². The number of carbonyl (C=O) groups excluding carboxylic acids is 1. The zero-order valence-electron chi connectivity index (χ0n) is 21.8. The Labute approximate surface area is 217 Å². The van der Waals surface area contributed by atoms with Crippen LogP contribution < -0.4 is 4.74 Å². The van der Waals surface area contributed by atoms with E-state index < -0.39 is 17.6 Å². The van der Waals surface area contributed by atoms with Gasteiger partial charge in [0.1, 0.15) is 6.61 Å². The Morgan fingerprint density at radius 2 is 1.65 bits per heavy atom. The summed E-state index contributed by atoms with van der Waals surface area (Å²) in [7, 11) is 0. The SMILES string of the molecule is C[C@@]1(O)CC[C@H]2[C@H](CC[C@@H]3[C@@H]2CC[C@@]2(C)[C@H]3[C@H](C3CC3)C[C@@H]2C(=O)COc2cnc(C(F)(F)F)nc2)C1. The van der Waals surface area contributed by atoms with Crippen LogP contribution in [0.5, 0.6) is 5.75 Å². The molecule has 5 fully saturated rings. The van der Waals surface area contributed by atoms with Gasteiger partial charge in [0, 0.05) is 5.92 Å². The van der Waals surface area contributed by atoms with Gasteiger partial charge in [0.2, 0.25) is 5.82 Å². The van der Waals surface area contributed by atoms with E-state index in [-0.39, 0.29) is 29.5 Å². The third-order valence-corrected chi connectivity index (χ3v) is 11.2. The van der Waals surface area contributed by atoms with E-state index in [2.05, 4.69) is 16.9 Å². The Morgan fingerprint density at radius 1 is 0.973 bits per heavy atom. The number of alkyl halides is 3. The molecule has 0 aromatic carbocycles. The van der Waals surface area contributed by atoms with Crippen molar-refractivity contribution in [1.29, 1.82) is 0 Å². The molecular formula is C29H39F3N2O3. The number of aliphatic hydroxyl groups is 1. The largest absolute Gasteiger partial charge is 0.483 e. The lowest BCUT2D eigenvalue weighted by molar-refractivity contribution is -0.145. The molecule has 5 saturated carbocycles. The van der Waals surface area contributed by atoms with E-state index in [4.69, 9.17) is 4.74 Å². The fourth-order valence-corrected chi connectivity index (χ4v) is 9.56. The lowest BCUT2D eigenvalue weighted by atomic mass is 9.48. The average Bonchev–Trinajstić information content (AvgIpc) is 3.63. The summed E-state index contributed by atoms with van der Waals surface area (Å²) in [5, 5.41) is 10.7. The first kappa shape index (κ1) is 25.6. The average molecular weight is 521 g/mol. The molecular weight excluding hydrogens is 481 g/mol. The Balaban J connectivity index is 1.17. The van der Waals surface area contributed by atoms with Crippen LogP contribution in [-0.2, 0) is 11.0 Å². The Hall–Kier alpha value is -1.70. The van der Waals surface area contributed by atoms with Gasteiger partial charge in [0.05, 0.1) is 18.0 Å². The van der Waals surface area contributed by atoms with Crippen molar-refractivity contribution in [3.63, 3.8) is 0 Å². The number of ketones is 1. The summed E-state index contributed by atoms with van der Waals surface area (Å²) < 4.78 is 43.9. The second kappa shape index (κ2) is 8.92. The number of aromatic nitrogens is 2. The summed E-state index contributed by atoms with van der Waals surface area (Å²) in [4.78, 5) is 20.3. The third-order valence-electron chi connectivity index (χ3n) is 11.2. The molecule has 1 aromatic rings. The van der Waals surface area contributed by atoms with Crippen LogP contribution in [0.3, 0.4) is 0 Å². The number of rotatable bonds is 5. The number of Topliss-reactive ketones (excluding diaryl/α,β-unsaturated/α-hetero) is 1. The van der Waals surface area contributed by atoms with E-state index in [9.17, 15) is 23.1 Å². The van der Waals surface area contributed by atoms with Gasteiger partial charge in [-0.3, -0.25) is 4.79 Å². The summed E-state index contributed by atoms with van der Waals surface area (Å²) in [6.07, 6.45) is 8.44. The standard InChI is InChI=1S/C29H39F3N2O3/c1-27(36)9-7-19-17(12-27)5-6-21-20(19)8-10-28(2)23(11-22(25(21)28)16-3-4-16)24(35)15-37-18-13-33-26(34-14-18)29(30,31)32/h13-14,16-17,19-23,25,36H,3-12,15H2,1-2H3/t17-,19+,20-,21-,22+,23-,25-,27-,28-/m1/s1. The minimum atomic E-state index is -4.60. The van der Waals surface area contributed by atoms with E-state index in [1.807, 2.05) is 6.92 Å². The van der Waals surface area contributed by atoms with Gasteiger partial charge in [-0.1, -0.05) is 6.92 Å². The molecule has 0 unspecified atom stereocenters. The quantitative estimate of drug-likeness (QED) is 0.508.